The molecule has 0 aliphatic rings. The molecule has 0 saturated carbocycles. The van der Waals surface area contributed by atoms with Gasteiger partial charge in [0.2, 0.25) is 5.91 Å². The van der Waals surface area contributed by atoms with Gasteiger partial charge in [-0.1, -0.05) is 54.2 Å². The van der Waals surface area contributed by atoms with Gasteiger partial charge in [0.15, 0.2) is 0 Å². The van der Waals surface area contributed by atoms with E-state index in [2.05, 4.69) is 5.32 Å². The quantitative estimate of drug-likeness (QED) is 0.796. The van der Waals surface area contributed by atoms with E-state index in [1.54, 1.807) is 11.8 Å². The zero-order chi connectivity index (χ0) is 15.9. The molecule has 2 rings (SSSR count). The van der Waals surface area contributed by atoms with Crippen LogP contribution in [0.3, 0.4) is 0 Å². The third kappa shape index (κ3) is 4.86. The summed E-state index contributed by atoms with van der Waals surface area (Å²) in [6.07, 6.45) is 0. The Balaban J connectivity index is 1.85. The zero-order valence-electron chi connectivity index (χ0n) is 12.3. The number of benzene rings is 2. The predicted molar refractivity (Wildman–Crippen MR) is 98.3 cm³/mol. The van der Waals surface area contributed by atoms with Crippen LogP contribution in [0.5, 0.6) is 0 Å². The lowest BCUT2D eigenvalue weighted by Crippen LogP contribution is -2.15. The highest BCUT2D eigenvalue weighted by Gasteiger charge is 2.07. The van der Waals surface area contributed by atoms with Crippen LogP contribution >= 0.6 is 24.0 Å². The number of hydrogen-bond acceptors (Lipinski definition) is 3. The van der Waals surface area contributed by atoms with Gasteiger partial charge in [-0.05, 0) is 24.6 Å². The second-order valence-corrected chi connectivity index (χ2v) is 6.35. The monoisotopic (exact) mass is 330 g/mol. The van der Waals surface area contributed by atoms with Gasteiger partial charge in [0, 0.05) is 17.0 Å². The molecule has 0 spiro atoms. The Morgan fingerprint density at radius 1 is 1.18 bits per heavy atom. The Hall–Kier alpha value is -1.85. The van der Waals surface area contributed by atoms with Crippen LogP contribution in [0.4, 0.5) is 5.69 Å². The van der Waals surface area contributed by atoms with E-state index in [4.69, 9.17) is 18.0 Å². The van der Waals surface area contributed by atoms with Crippen LogP contribution in [0.25, 0.3) is 0 Å². The molecule has 114 valence electrons. The molecular weight excluding hydrogens is 312 g/mol. The van der Waals surface area contributed by atoms with Crippen molar-refractivity contribution < 1.29 is 4.79 Å². The molecule has 5 heteroatoms. The second-order valence-electron chi connectivity index (χ2n) is 4.93. The molecule has 2 aromatic rings. The number of anilines is 1. The van der Waals surface area contributed by atoms with Crippen LogP contribution in [-0.2, 0) is 10.5 Å². The van der Waals surface area contributed by atoms with E-state index in [9.17, 15) is 4.79 Å². The van der Waals surface area contributed by atoms with Crippen LogP contribution in [0, 0.1) is 6.92 Å². The van der Waals surface area contributed by atoms with E-state index in [0.29, 0.717) is 16.5 Å². The molecule has 0 aliphatic heterocycles. The highest BCUT2D eigenvalue weighted by molar-refractivity contribution is 7.99. The Kier molecular flexibility index (Phi) is 5.98. The summed E-state index contributed by atoms with van der Waals surface area (Å²) in [4.78, 5) is 12.3. The molecule has 2 aromatic carbocycles. The first-order valence-electron chi connectivity index (χ1n) is 6.88. The molecule has 3 nitrogen and oxygen atoms in total. The lowest BCUT2D eigenvalue weighted by Gasteiger charge is -2.08. The molecule has 0 aliphatic carbocycles. The number of carbonyl (C=O) groups is 1. The molecule has 1 amide bonds. The van der Waals surface area contributed by atoms with E-state index in [1.807, 2.05) is 55.5 Å². The normalized spacial score (nSPS) is 10.2. The number of aryl methyl sites for hydroxylation is 1. The second kappa shape index (κ2) is 7.96. The molecule has 0 atom stereocenters. The number of carbonyl (C=O) groups excluding carboxylic acids is 1. The van der Waals surface area contributed by atoms with Gasteiger partial charge in [0.1, 0.15) is 4.99 Å². The first-order valence-corrected chi connectivity index (χ1v) is 8.44. The van der Waals surface area contributed by atoms with Gasteiger partial charge in [0.25, 0.3) is 0 Å². The SMILES string of the molecule is Cc1ccc(NC(=O)CSCc2ccccc2C(N)=S)cc1. The van der Waals surface area contributed by atoms with Crippen LogP contribution in [0.15, 0.2) is 48.5 Å². The fraction of sp³-hybridized carbons (Fsp3) is 0.176. The summed E-state index contributed by atoms with van der Waals surface area (Å²) >= 11 is 6.58. The topological polar surface area (TPSA) is 55.1 Å². The standard InChI is InChI=1S/C17H18N2OS2/c1-12-6-8-14(9-7-12)19-16(20)11-22-10-13-4-2-3-5-15(13)17(18)21/h2-9H,10-11H2,1H3,(H2,18,21)(H,19,20). The summed E-state index contributed by atoms with van der Waals surface area (Å²) in [5.41, 5.74) is 9.63. The van der Waals surface area contributed by atoms with Gasteiger partial charge in [0.05, 0.1) is 5.75 Å². The van der Waals surface area contributed by atoms with Gasteiger partial charge in [-0.3, -0.25) is 4.79 Å². The van der Waals surface area contributed by atoms with Crippen molar-refractivity contribution in [2.75, 3.05) is 11.1 Å². The number of rotatable bonds is 6. The summed E-state index contributed by atoms with van der Waals surface area (Å²) < 4.78 is 0. The van der Waals surface area contributed by atoms with Gasteiger partial charge in [-0.25, -0.2) is 0 Å². The minimum absolute atomic E-state index is 0.0124. The van der Waals surface area contributed by atoms with Gasteiger partial charge in [-0.15, -0.1) is 11.8 Å². The van der Waals surface area contributed by atoms with Crippen molar-refractivity contribution in [3.63, 3.8) is 0 Å². The number of thiocarbonyl (C=S) groups is 1. The average molecular weight is 330 g/mol. The maximum Gasteiger partial charge on any atom is 0.234 e. The Morgan fingerprint density at radius 3 is 2.55 bits per heavy atom. The molecule has 0 saturated heterocycles. The van der Waals surface area contributed by atoms with Gasteiger partial charge >= 0.3 is 0 Å². The van der Waals surface area contributed by atoms with E-state index in [1.165, 1.54) is 5.56 Å². The van der Waals surface area contributed by atoms with E-state index < -0.39 is 0 Å². The number of thioether (sulfide) groups is 1. The minimum Gasteiger partial charge on any atom is -0.389 e. The van der Waals surface area contributed by atoms with Crippen molar-refractivity contribution in [3.05, 3.63) is 65.2 Å². The molecule has 0 fully saturated rings. The summed E-state index contributed by atoms with van der Waals surface area (Å²) in [5, 5.41) is 2.88. The van der Waals surface area contributed by atoms with Crippen molar-refractivity contribution in [3.8, 4) is 0 Å². The third-order valence-corrected chi connectivity index (χ3v) is 4.31. The highest BCUT2D eigenvalue weighted by atomic mass is 32.2. The van der Waals surface area contributed by atoms with Crippen molar-refractivity contribution in [1.82, 2.24) is 0 Å². The Bertz CT molecular complexity index is 669. The summed E-state index contributed by atoms with van der Waals surface area (Å²) in [6.45, 7) is 2.01. The first kappa shape index (κ1) is 16.5. The zero-order valence-corrected chi connectivity index (χ0v) is 14.0. The minimum atomic E-state index is -0.0124. The summed E-state index contributed by atoms with van der Waals surface area (Å²) in [6, 6.07) is 15.5. The van der Waals surface area contributed by atoms with Crippen molar-refractivity contribution in [2.24, 2.45) is 5.73 Å². The number of amides is 1. The Labute approximate surface area is 140 Å². The van der Waals surface area contributed by atoms with Crippen LogP contribution in [0.1, 0.15) is 16.7 Å². The largest absolute Gasteiger partial charge is 0.389 e. The van der Waals surface area contributed by atoms with Gasteiger partial charge in [-0.2, -0.15) is 0 Å². The maximum absolute atomic E-state index is 11.9. The lowest BCUT2D eigenvalue weighted by molar-refractivity contribution is -0.113. The van der Waals surface area contributed by atoms with Crippen LogP contribution < -0.4 is 11.1 Å². The van der Waals surface area contributed by atoms with Crippen LogP contribution in [-0.4, -0.2) is 16.6 Å². The molecule has 0 bridgehead atoms. The lowest BCUT2D eigenvalue weighted by atomic mass is 10.1. The van der Waals surface area contributed by atoms with E-state index in [-0.39, 0.29) is 5.91 Å². The first-order chi connectivity index (χ1) is 10.6. The number of nitrogens with two attached hydrogens (primary N) is 1. The van der Waals surface area contributed by atoms with Crippen molar-refractivity contribution >= 4 is 40.6 Å². The molecule has 0 aromatic heterocycles. The number of nitrogens with one attached hydrogen (secondary N) is 1. The smallest absolute Gasteiger partial charge is 0.234 e. The fourth-order valence-corrected chi connectivity index (χ4v) is 3.00. The van der Waals surface area contributed by atoms with Crippen molar-refractivity contribution in [2.45, 2.75) is 12.7 Å². The number of hydrogen-bond donors (Lipinski definition) is 2. The summed E-state index contributed by atoms with van der Waals surface area (Å²) in [7, 11) is 0. The molecule has 0 heterocycles. The molecule has 0 radical (unpaired) electrons. The maximum atomic E-state index is 11.9. The highest BCUT2D eigenvalue weighted by Crippen LogP contribution is 2.17. The molecule has 3 N–H and O–H groups in total. The summed E-state index contributed by atoms with van der Waals surface area (Å²) in [5.74, 6) is 1.08. The average Bonchev–Trinajstić information content (AvgIpc) is 2.50. The van der Waals surface area contributed by atoms with Gasteiger partial charge < -0.3 is 11.1 Å². The van der Waals surface area contributed by atoms with E-state index in [0.717, 1.165) is 16.8 Å². The van der Waals surface area contributed by atoms with Crippen molar-refractivity contribution in [1.29, 1.82) is 0 Å². The fourth-order valence-electron chi connectivity index (χ4n) is 1.97. The predicted octanol–water partition coefficient (Wildman–Crippen LogP) is 3.50. The Morgan fingerprint density at radius 2 is 1.86 bits per heavy atom. The molecular formula is C17H18N2OS2. The van der Waals surface area contributed by atoms with E-state index >= 15 is 0 Å². The molecule has 0 unspecified atom stereocenters. The van der Waals surface area contributed by atoms with Crippen LogP contribution in [0.2, 0.25) is 0 Å². The molecule has 22 heavy (non-hydrogen) atoms. The third-order valence-electron chi connectivity index (χ3n) is 3.11.